The second kappa shape index (κ2) is 7.88. The zero-order valence-corrected chi connectivity index (χ0v) is 18.5. The molecule has 1 aromatic rings. The number of halogens is 3. The fourth-order valence-electron chi connectivity index (χ4n) is 1.83. The van der Waals surface area contributed by atoms with E-state index in [1.807, 2.05) is 0 Å². The quantitative estimate of drug-likeness (QED) is 0.721. The molecule has 120 valence electrons. The zero-order chi connectivity index (χ0) is 16.1. The van der Waals surface area contributed by atoms with Crippen LogP contribution in [-0.2, 0) is 8.23 Å². The molecule has 0 fully saturated rings. The number of hydrogen-bond donors (Lipinski definition) is 0. The van der Waals surface area contributed by atoms with E-state index in [1.165, 1.54) is 10.4 Å². The van der Waals surface area contributed by atoms with Gasteiger partial charge in [-0.2, -0.15) is 13.2 Å². The molecule has 0 aromatic heterocycles. The van der Waals surface area contributed by atoms with Crippen LogP contribution in [0.3, 0.4) is 0 Å². The molecule has 2 heterocycles. The summed E-state index contributed by atoms with van der Waals surface area (Å²) in [5.41, 5.74) is 0. The lowest BCUT2D eigenvalue weighted by Gasteiger charge is -2.20. The number of rotatable bonds is 3. The van der Waals surface area contributed by atoms with Crippen molar-refractivity contribution in [3.63, 3.8) is 0 Å². The minimum absolute atomic E-state index is 0.215. The summed E-state index contributed by atoms with van der Waals surface area (Å²) in [5, 5.41) is 2.87. The van der Waals surface area contributed by atoms with Gasteiger partial charge in [0.05, 0.1) is 0 Å². The second-order valence-corrected chi connectivity index (χ2v) is 15.6. The molecule has 0 radical (unpaired) electrons. The fraction of sp³-hybridized carbons (Fsp3) is 0.500. The van der Waals surface area contributed by atoms with Crippen LogP contribution < -0.4 is 10.4 Å². The molecule has 1 aromatic carbocycles. The molecule has 21 heavy (non-hydrogen) atoms. The highest BCUT2D eigenvalue weighted by Crippen LogP contribution is 2.22. The number of hydrogen-bond acceptors (Lipinski definition) is 2. The highest BCUT2D eigenvalue weighted by Gasteiger charge is 2.28. The monoisotopic (exact) mass is 368 g/mol. The van der Waals surface area contributed by atoms with Gasteiger partial charge in [0.15, 0.2) is 18.8 Å². The highest BCUT2D eigenvalue weighted by atomic mass is 28.4. The van der Waals surface area contributed by atoms with E-state index in [4.69, 9.17) is 8.23 Å². The van der Waals surface area contributed by atoms with E-state index in [9.17, 15) is 13.2 Å². The van der Waals surface area contributed by atoms with Gasteiger partial charge in [-0.25, -0.2) is 0 Å². The van der Waals surface area contributed by atoms with E-state index in [2.05, 4.69) is 37.4 Å². The first-order valence-electron chi connectivity index (χ1n) is 6.97. The summed E-state index contributed by atoms with van der Waals surface area (Å²) in [4.78, 5) is 0. The maximum absolute atomic E-state index is 11.5. The van der Waals surface area contributed by atoms with Crippen LogP contribution in [0, 0.1) is 0 Å². The Kier molecular flexibility index (Phi) is 7.07. The number of fused-ring (bicyclic) bond motifs is 4. The van der Waals surface area contributed by atoms with Crippen LogP contribution >= 0.6 is 0 Å². The summed E-state index contributed by atoms with van der Waals surface area (Å²) >= 11 is 0. The highest BCUT2D eigenvalue weighted by molar-refractivity contribution is 6.88. The van der Waals surface area contributed by atoms with Crippen molar-refractivity contribution < 1.29 is 21.4 Å². The van der Waals surface area contributed by atoms with E-state index in [0.717, 1.165) is 0 Å². The Morgan fingerprint density at radius 2 is 1.86 bits per heavy atom. The van der Waals surface area contributed by atoms with Crippen LogP contribution in [0.1, 0.15) is 6.42 Å². The molecule has 0 amide bonds. The van der Waals surface area contributed by atoms with Crippen LogP contribution in [0.15, 0.2) is 24.3 Å². The molecule has 2 nitrogen and oxygen atoms in total. The molecule has 1 unspecified atom stereocenters. The minimum Gasteiger partial charge on any atom is -0.466 e. The molecule has 0 aliphatic carbocycles. The van der Waals surface area contributed by atoms with Gasteiger partial charge in [0.25, 0.3) is 0 Å². The SMILES string of the molecule is C[SiH](CCC(F)(F)F)O[SiH3].C[Si]1(C)O[SiH2]c2ccc1cc2. The standard InChI is InChI=1S/C8H12OSi2.C4H11F3OSi2/c1-11(2)8-5-3-7(4-6-8)10-9-11;1-10(8-9)3-2-4(5,6)7/h3-6H,10H2,1-2H3;10H,2-3H2,1,9H3. The van der Waals surface area contributed by atoms with E-state index in [0.29, 0.717) is 10.5 Å². The molecule has 0 saturated heterocycles. The third kappa shape index (κ3) is 7.06. The lowest BCUT2D eigenvalue weighted by molar-refractivity contribution is -0.130. The zero-order valence-electron chi connectivity index (χ0n) is 13.0. The Labute approximate surface area is 132 Å². The first-order valence-corrected chi connectivity index (χ1v) is 14.4. The maximum Gasteiger partial charge on any atom is 0.388 e. The maximum atomic E-state index is 11.5. The molecule has 2 aliphatic rings. The summed E-state index contributed by atoms with van der Waals surface area (Å²) in [7, 11) is -2.71. The molecule has 0 saturated carbocycles. The van der Waals surface area contributed by atoms with Crippen LogP contribution in [0.25, 0.3) is 0 Å². The predicted octanol–water partition coefficient (Wildman–Crippen LogP) is 0.427. The molecule has 9 heteroatoms. The normalized spacial score (nSPS) is 19.0. The van der Waals surface area contributed by atoms with Crippen molar-refractivity contribution in [3.8, 4) is 0 Å². The second-order valence-electron chi connectivity index (χ2n) is 5.70. The summed E-state index contributed by atoms with van der Waals surface area (Å²) in [5.74, 6) is 0. The van der Waals surface area contributed by atoms with Crippen LogP contribution in [0.5, 0.6) is 0 Å². The Balaban J connectivity index is 0.000000212. The largest absolute Gasteiger partial charge is 0.466 e. The van der Waals surface area contributed by atoms with Gasteiger partial charge in [0, 0.05) is 6.42 Å². The van der Waals surface area contributed by atoms with Gasteiger partial charge in [0.1, 0.15) is 10.5 Å². The average Bonchev–Trinajstić information content (AvgIpc) is 2.65. The van der Waals surface area contributed by atoms with Gasteiger partial charge >= 0.3 is 6.18 Å². The third-order valence-electron chi connectivity index (χ3n) is 3.49. The summed E-state index contributed by atoms with van der Waals surface area (Å²) < 4.78 is 45.5. The van der Waals surface area contributed by atoms with Gasteiger partial charge in [-0.1, -0.05) is 24.3 Å². The lowest BCUT2D eigenvalue weighted by atomic mass is 10.4. The van der Waals surface area contributed by atoms with Crippen LogP contribution in [0.4, 0.5) is 13.2 Å². The van der Waals surface area contributed by atoms with Crippen LogP contribution in [-0.4, -0.2) is 43.8 Å². The van der Waals surface area contributed by atoms with Crippen molar-refractivity contribution in [3.05, 3.63) is 24.3 Å². The first-order chi connectivity index (χ1) is 9.64. The predicted molar refractivity (Wildman–Crippen MR) is 92.3 cm³/mol. The number of alkyl halides is 3. The Morgan fingerprint density at radius 3 is 2.33 bits per heavy atom. The van der Waals surface area contributed by atoms with Gasteiger partial charge in [0.2, 0.25) is 8.32 Å². The molecule has 2 bridgehead atoms. The van der Waals surface area contributed by atoms with Crippen molar-refractivity contribution in [2.24, 2.45) is 0 Å². The van der Waals surface area contributed by atoms with Crippen molar-refractivity contribution in [2.45, 2.75) is 38.3 Å². The smallest absolute Gasteiger partial charge is 0.388 e. The number of benzene rings is 1. The van der Waals surface area contributed by atoms with E-state index < -0.39 is 39.7 Å². The topological polar surface area (TPSA) is 18.5 Å². The van der Waals surface area contributed by atoms with Crippen molar-refractivity contribution in [2.75, 3.05) is 0 Å². The Bertz CT molecular complexity index is 437. The van der Waals surface area contributed by atoms with Gasteiger partial charge < -0.3 is 8.23 Å². The molecular weight excluding hydrogens is 345 g/mol. The lowest BCUT2D eigenvalue weighted by Crippen LogP contribution is -2.44. The molecule has 1 atom stereocenters. The summed E-state index contributed by atoms with van der Waals surface area (Å²) in [6.45, 7) is 6.34. The fourth-order valence-corrected chi connectivity index (χ4v) is 7.69. The average molecular weight is 369 g/mol. The third-order valence-corrected chi connectivity index (χ3v) is 13.8. The van der Waals surface area contributed by atoms with Gasteiger partial charge in [-0.05, 0) is 36.1 Å². The van der Waals surface area contributed by atoms with Crippen molar-refractivity contribution >= 4 is 48.0 Å². The summed E-state index contributed by atoms with van der Waals surface area (Å²) in [6.07, 6.45) is -4.68. The van der Waals surface area contributed by atoms with Gasteiger partial charge in [-0.3, -0.25) is 0 Å². The molecule has 0 N–H and O–H groups in total. The van der Waals surface area contributed by atoms with E-state index >= 15 is 0 Å². The molecular formula is C12H23F3O2Si4. The minimum atomic E-state index is -4.00. The molecule has 0 spiro atoms. The first kappa shape index (κ1) is 18.8. The van der Waals surface area contributed by atoms with Crippen molar-refractivity contribution in [1.29, 1.82) is 0 Å². The Hall–Kier alpha value is -0.202. The van der Waals surface area contributed by atoms with Gasteiger partial charge in [-0.15, -0.1) is 0 Å². The van der Waals surface area contributed by atoms with Crippen LogP contribution in [0.2, 0.25) is 25.7 Å². The van der Waals surface area contributed by atoms with E-state index in [1.54, 1.807) is 6.55 Å². The molecule has 2 aliphatic heterocycles. The summed E-state index contributed by atoms with van der Waals surface area (Å²) in [6, 6.07) is 9.14. The molecule has 3 rings (SSSR count). The van der Waals surface area contributed by atoms with E-state index in [-0.39, 0.29) is 6.04 Å². The Morgan fingerprint density at radius 1 is 1.29 bits per heavy atom. The van der Waals surface area contributed by atoms with Crippen molar-refractivity contribution in [1.82, 2.24) is 0 Å².